The van der Waals surface area contributed by atoms with Crippen LogP contribution < -0.4 is 0 Å². The van der Waals surface area contributed by atoms with Gasteiger partial charge in [-0.3, -0.25) is 0 Å². The molecule has 116 valence electrons. The predicted molar refractivity (Wildman–Crippen MR) is 68.0 cm³/mol. The van der Waals surface area contributed by atoms with Crippen molar-refractivity contribution in [3.05, 3.63) is 0 Å². The molecule has 0 bridgehead atoms. The van der Waals surface area contributed by atoms with E-state index in [9.17, 15) is 33.7 Å². The first-order chi connectivity index (χ1) is 7.97. The van der Waals surface area contributed by atoms with Crippen LogP contribution in [-0.2, 0) is 44.1 Å². The highest BCUT2D eigenvalue weighted by Gasteiger charge is 2.42. The summed E-state index contributed by atoms with van der Waals surface area (Å²) in [6.07, 6.45) is 1.95. The molecule has 9 nitrogen and oxygen atoms in total. The first kappa shape index (κ1) is 18.8. The molecular formula is C6H14O9S4. The summed E-state index contributed by atoms with van der Waals surface area (Å²) in [5.74, 6) is 0. The fraction of sp³-hybridized carbons (Fsp3) is 1.00. The van der Waals surface area contributed by atoms with Gasteiger partial charge >= 0.3 is 0 Å². The van der Waals surface area contributed by atoms with Crippen LogP contribution in [0.4, 0.5) is 0 Å². The molecule has 13 heteroatoms. The molecule has 0 saturated heterocycles. The molecule has 0 aromatic carbocycles. The van der Waals surface area contributed by atoms with Crippen LogP contribution in [0.2, 0.25) is 0 Å². The summed E-state index contributed by atoms with van der Waals surface area (Å²) in [7, 11) is -17.5. The first-order valence-corrected chi connectivity index (χ1v) is 12.2. The maximum atomic E-state index is 11.3. The van der Waals surface area contributed by atoms with Crippen molar-refractivity contribution in [2.24, 2.45) is 0 Å². The minimum absolute atomic E-state index is 0.486. The van der Waals surface area contributed by atoms with Gasteiger partial charge < -0.3 is 4.74 Å². The van der Waals surface area contributed by atoms with E-state index < -0.39 is 48.9 Å². The van der Waals surface area contributed by atoms with E-state index in [1.54, 1.807) is 0 Å². The molecule has 0 N–H and O–H groups in total. The van der Waals surface area contributed by atoms with E-state index in [1.165, 1.54) is 0 Å². The molecule has 0 saturated carbocycles. The molecule has 0 rings (SSSR count). The van der Waals surface area contributed by atoms with Gasteiger partial charge in [-0.05, 0) is 0 Å². The zero-order chi connectivity index (χ0) is 15.9. The van der Waals surface area contributed by atoms with Gasteiger partial charge in [0.25, 0.3) is 9.54 Å². The highest BCUT2D eigenvalue weighted by Crippen LogP contribution is 2.18. The van der Waals surface area contributed by atoms with Crippen molar-refractivity contribution < 1.29 is 38.4 Å². The quantitative estimate of drug-likeness (QED) is 0.513. The molecule has 0 aliphatic rings. The van der Waals surface area contributed by atoms with E-state index in [0.717, 1.165) is 0 Å². The molecule has 0 aliphatic heterocycles. The molecule has 0 spiro atoms. The number of rotatable bonds is 6. The summed E-state index contributed by atoms with van der Waals surface area (Å²) in [6.45, 7) is 0. The average Bonchev–Trinajstić information content (AvgIpc) is 1.91. The van der Waals surface area contributed by atoms with E-state index in [-0.39, 0.29) is 0 Å². The summed E-state index contributed by atoms with van der Waals surface area (Å²) in [5, 5.41) is 0. The Kier molecular flexibility index (Phi) is 5.21. The van der Waals surface area contributed by atoms with E-state index in [1.807, 2.05) is 0 Å². The van der Waals surface area contributed by atoms with Crippen molar-refractivity contribution >= 4 is 39.3 Å². The zero-order valence-corrected chi connectivity index (χ0v) is 13.7. The largest absolute Gasteiger partial charge is 0.315 e. The molecular weight excluding hydrogens is 344 g/mol. The highest BCUT2D eigenvalue weighted by atomic mass is 32.3. The fourth-order valence-corrected chi connectivity index (χ4v) is 7.74. The van der Waals surface area contributed by atoms with Crippen LogP contribution in [0.5, 0.6) is 0 Å². The van der Waals surface area contributed by atoms with E-state index in [0.29, 0.717) is 25.0 Å². The molecule has 0 aliphatic carbocycles. The van der Waals surface area contributed by atoms with E-state index in [4.69, 9.17) is 0 Å². The number of sulfone groups is 4. The van der Waals surface area contributed by atoms with Gasteiger partial charge in [-0.1, -0.05) is 0 Å². The third-order valence-electron chi connectivity index (χ3n) is 1.62. The van der Waals surface area contributed by atoms with Gasteiger partial charge in [0.05, 0.1) is 0 Å². The molecule has 0 aromatic rings. The van der Waals surface area contributed by atoms with Crippen LogP contribution in [0.3, 0.4) is 0 Å². The predicted octanol–water partition coefficient (Wildman–Crippen LogP) is -2.25. The van der Waals surface area contributed by atoms with Gasteiger partial charge in [-0.25, -0.2) is 33.7 Å². The second-order valence-electron chi connectivity index (χ2n) is 4.03. The highest BCUT2D eigenvalue weighted by molar-refractivity contribution is 8.09. The van der Waals surface area contributed by atoms with Gasteiger partial charge in [0, 0.05) is 25.0 Å². The Hall–Kier alpha value is -0.240. The van der Waals surface area contributed by atoms with Gasteiger partial charge in [0.15, 0.2) is 39.3 Å². The van der Waals surface area contributed by atoms with Crippen molar-refractivity contribution in [1.82, 2.24) is 0 Å². The molecule has 0 amide bonds. The van der Waals surface area contributed by atoms with Crippen molar-refractivity contribution in [1.29, 1.82) is 0 Å². The van der Waals surface area contributed by atoms with E-state index in [2.05, 4.69) is 4.74 Å². The number of hydrogen-bond donors (Lipinski definition) is 0. The van der Waals surface area contributed by atoms with Gasteiger partial charge in [0.1, 0.15) is 0 Å². The number of hydrogen-bond acceptors (Lipinski definition) is 9. The summed E-state index contributed by atoms with van der Waals surface area (Å²) in [5.41, 5.74) is 0. The van der Waals surface area contributed by atoms with Crippen molar-refractivity contribution in [2.45, 2.75) is 9.54 Å². The summed E-state index contributed by atoms with van der Waals surface area (Å²) >= 11 is 0. The maximum Gasteiger partial charge on any atom is 0.261 e. The lowest BCUT2D eigenvalue weighted by Crippen LogP contribution is -2.41. The van der Waals surface area contributed by atoms with E-state index >= 15 is 0 Å². The molecule has 0 fully saturated rings. The number of ether oxygens (including phenoxy) is 1. The summed E-state index contributed by atoms with van der Waals surface area (Å²) in [6, 6.07) is 0. The lowest BCUT2D eigenvalue weighted by Gasteiger charge is -2.20. The normalized spacial score (nSPS) is 15.1. The Balaban J connectivity index is 5.98. The van der Waals surface area contributed by atoms with Gasteiger partial charge in [0.2, 0.25) is 0 Å². The van der Waals surface area contributed by atoms with Crippen LogP contribution in [0.15, 0.2) is 0 Å². The third kappa shape index (κ3) is 5.72. The van der Waals surface area contributed by atoms with Crippen molar-refractivity contribution in [3.8, 4) is 0 Å². The lowest BCUT2D eigenvalue weighted by molar-refractivity contribution is 0.167. The van der Waals surface area contributed by atoms with Crippen LogP contribution in [0, 0.1) is 0 Å². The molecule has 0 atom stereocenters. The summed E-state index contributed by atoms with van der Waals surface area (Å²) < 4.78 is 89.4. The molecule has 19 heavy (non-hydrogen) atoms. The van der Waals surface area contributed by atoms with Crippen LogP contribution >= 0.6 is 0 Å². The standard InChI is InChI=1S/C6H14O9S4/c1-16(7,8)5(17(2,9)10)15-6(18(3,11)12)19(4,13)14/h5-6H,1-4H3. The van der Waals surface area contributed by atoms with Crippen molar-refractivity contribution in [3.63, 3.8) is 0 Å². The molecule has 0 aromatic heterocycles. The maximum absolute atomic E-state index is 11.3. The zero-order valence-electron chi connectivity index (χ0n) is 10.5. The first-order valence-electron chi connectivity index (χ1n) is 4.38. The Morgan fingerprint density at radius 3 is 0.789 bits per heavy atom. The van der Waals surface area contributed by atoms with Crippen LogP contribution in [0.25, 0.3) is 0 Å². The van der Waals surface area contributed by atoms with Crippen LogP contribution in [-0.4, -0.2) is 68.2 Å². The minimum Gasteiger partial charge on any atom is -0.315 e. The second-order valence-corrected chi connectivity index (χ2v) is 13.0. The average molecular weight is 358 g/mol. The molecule has 0 heterocycles. The topological polar surface area (TPSA) is 146 Å². The van der Waals surface area contributed by atoms with Crippen molar-refractivity contribution in [2.75, 3.05) is 25.0 Å². The molecule has 0 unspecified atom stereocenters. The monoisotopic (exact) mass is 358 g/mol. The molecule has 0 radical (unpaired) electrons. The van der Waals surface area contributed by atoms with Crippen LogP contribution in [0.1, 0.15) is 0 Å². The van der Waals surface area contributed by atoms with Gasteiger partial charge in [-0.15, -0.1) is 0 Å². The van der Waals surface area contributed by atoms with Gasteiger partial charge in [-0.2, -0.15) is 0 Å². The Morgan fingerprint density at radius 1 is 0.526 bits per heavy atom. The second kappa shape index (κ2) is 5.27. The Labute approximate surface area is 112 Å². The lowest BCUT2D eigenvalue weighted by atomic mass is 11.5. The minimum atomic E-state index is -4.38. The fourth-order valence-electron chi connectivity index (χ4n) is 1.13. The third-order valence-corrected chi connectivity index (χ3v) is 9.06. The SMILES string of the molecule is CS(=O)(=O)C(OC(S(C)(=O)=O)S(C)(=O)=O)S(C)(=O)=O. The Morgan fingerprint density at radius 2 is 0.684 bits per heavy atom. The Bertz CT molecular complexity index is 608. The smallest absolute Gasteiger partial charge is 0.261 e. The summed E-state index contributed by atoms with van der Waals surface area (Å²) in [4.78, 5) is 0.